The number of nitrogens with zero attached hydrogens (tertiary/aromatic N) is 1. The molecule has 6 nitrogen and oxygen atoms in total. The lowest BCUT2D eigenvalue weighted by Crippen LogP contribution is -2.32. The van der Waals surface area contributed by atoms with E-state index in [2.05, 4.69) is 0 Å². The van der Waals surface area contributed by atoms with Crippen molar-refractivity contribution in [2.24, 2.45) is 0 Å². The summed E-state index contributed by atoms with van der Waals surface area (Å²) in [6.07, 6.45) is 1.61. The SMILES string of the molecule is Cc1ccc(C)c(OCCN2C(=O)S/C(=C\c3cccc(OC(=O)c4ccc(Cl)cc4)c3)C2=O)c1. The first-order valence-electron chi connectivity index (χ1n) is 10.8. The largest absolute Gasteiger partial charge is 0.491 e. The molecule has 8 heteroatoms. The zero-order valence-corrected chi connectivity index (χ0v) is 20.7. The van der Waals surface area contributed by atoms with Gasteiger partial charge in [-0.25, -0.2) is 4.79 Å². The highest BCUT2D eigenvalue weighted by Crippen LogP contribution is 2.32. The molecule has 1 aliphatic heterocycles. The van der Waals surface area contributed by atoms with Gasteiger partial charge in [0.1, 0.15) is 18.1 Å². The van der Waals surface area contributed by atoms with Crippen molar-refractivity contribution in [3.63, 3.8) is 0 Å². The van der Waals surface area contributed by atoms with Gasteiger partial charge >= 0.3 is 5.97 Å². The highest BCUT2D eigenvalue weighted by molar-refractivity contribution is 8.18. The predicted molar refractivity (Wildman–Crippen MR) is 137 cm³/mol. The summed E-state index contributed by atoms with van der Waals surface area (Å²) in [4.78, 5) is 39.1. The number of rotatable bonds is 7. The molecule has 0 aliphatic carbocycles. The van der Waals surface area contributed by atoms with Gasteiger partial charge in [0.05, 0.1) is 17.0 Å². The van der Waals surface area contributed by atoms with Crippen LogP contribution in [0.2, 0.25) is 5.02 Å². The lowest BCUT2D eigenvalue weighted by molar-refractivity contribution is -0.123. The van der Waals surface area contributed by atoms with Gasteiger partial charge in [-0.2, -0.15) is 0 Å². The highest BCUT2D eigenvalue weighted by atomic mass is 35.5. The molecular weight excluding hydrogens is 486 g/mol. The fourth-order valence-electron chi connectivity index (χ4n) is 3.37. The number of ether oxygens (including phenoxy) is 2. The molecule has 178 valence electrons. The molecule has 0 spiro atoms. The van der Waals surface area contributed by atoms with E-state index >= 15 is 0 Å². The maximum Gasteiger partial charge on any atom is 0.343 e. The maximum absolute atomic E-state index is 12.8. The van der Waals surface area contributed by atoms with Crippen molar-refractivity contribution < 1.29 is 23.9 Å². The van der Waals surface area contributed by atoms with Crippen LogP contribution < -0.4 is 9.47 Å². The summed E-state index contributed by atoms with van der Waals surface area (Å²) in [6, 6.07) is 19.0. The molecule has 3 aromatic rings. The second-order valence-electron chi connectivity index (χ2n) is 7.92. The second kappa shape index (κ2) is 10.8. The quantitative estimate of drug-likeness (QED) is 0.212. The second-order valence-corrected chi connectivity index (χ2v) is 9.35. The highest BCUT2D eigenvalue weighted by Gasteiger charge is 2.34. The van der Waals surface area contributed by atoms with Gasteiger partial charge in [0.25, 0.3) is 11.1 Å². The number of amides is 2. The van der Waals surface area contributed by atoms with Gasteiger partial charge in [-0.1, -0.05) is 35.9 Å². The molecule has 1 heterocycles. The van der Waals surface area contributed by atoms with E-state index in [0.29, 0.717) is 26.8 Å². The van der Waals surface area contributed by atoms with E-state index in [1.807, 2.05) is 32.0 Å². The van der Waals surface area contributed by atoms with E-state index in [1.54, 1.807) is 54.6 Å². The Bertz CT molecular complexity index is 1320. The maximum atomic E-state index is 12.8. The number of carbonyl (C=O) groups excluding carboxylic acids is 3. The lowest BCUT2D eigenvalue weighted by atomic mass is 10.1. The lowest BCUT2D eigenvalue weighted by Gasteiger charge is -2.14. The fraction of sp³-hybridized carbons (Fsp3) is 0.148. The molecule has 3 aromatic carbocycles. The van der Waals surface area contributed by atoms with Crippen LogP contribution >= 0.6 is 23.4 Å². The molecule has 0 radical (unpaired) electrons. The molecule has 0 atom stereocenters. The van der Waals surface area contributed by atoms with Crippen LogP contribution in [0.4, 0.5) is 4.79 Å². The molecule has 0 unspecified atom stereocenters. The van der Waals surface area contributed by atoms with E-state index in [4.69, 9.17) is 21.1 Å². The molecule has 1 fully saturated rings. The average Bonchev–Trinajstić information content (AvgIpc) is 3.09. The van der Waals surface area contributed by atoms with Gasteiger partial charge in [0.15, 0.2) is 0 Å². The van der Waals surface area contributed by atoms with Crippen LogP contribution in [-0.2, 0) is 4.79 Å². The Morgan fingerprint density at radius 1 is 1.03 bits per heavy atom. The molecule has 4 rings (SSSR count). The van der Waals surface area contributed by atoms with Crippen LogP contribution in [0.15, 0.2) is 71.6 Å². The average molecular weight is 508 g/mol. The molecule has 0 aromatic heterocycles. The monoisotopic (exact) mass is 507 g/mol. The molecule has 35 heavy (non-hydrogen) atoms. The number of imide groups is 1. The number of aryl methyl sites for hydroxylation is 2. The van der Waals surface area contributed by atoms with Crippen LogP contribution in [0.3, 0.4) is 0 Å². The summed E-state index contributed by atoms with van der Waals surface area (Å²) >= 11 is 6.73. The Morgan fingerprint density at radius 3 is 2.57 bits per heavy atom. The van der Waals surface area contributed by atoms with Crippen LogP contribution in [0.25, 0.3) is 6.08 Å². The standard InChI is InChI=1S/C27H22ClNO5S/c1-17-6-7-18(2)23(14-17)33-13-12-29-25(30)24(35-27(29)32)16-19-4-3-5-22(15-19)34-26(31)20-8-10-21(28)11-9-20/h3-11,14-16H,12-13H2,1-2H3/b24-16-. The number of thioether (sulfide) groups is 1. The molecular formula is C27H22ClNO5S. The van der Waals surface area contributed by atoms with Gasteiger partial charge < -0.3 is 9.47 Å². The van der Waals surface area contributed by atoms with Crippen molar-refractivity contribution in [2.75, 3.05) is 13.2 Å². The normalized spacial score (nSPS) is 14.5. The number of benzene rings is 3. The minimum Gasteiger partial charge on any atom is -0.491 e. The first kappa shape index (κ1) is 24.6. The summed E-state index contributed by atoms with van der Waals surface area (Å²) < 4.78 is 11.2. The summed E-state index contributed by atoms with van der Waals surface area (Å²) in [7, 11) is 0. The van der Waals surface area contributed by atoms with E-state index in [0.717, 1.165) is 28.6 Å². The molecule has 0 saturated carbocycles. The van der Waals surface area contributed by atoms with Crippen LogP contribution in [0, 0.1) is 13.8 Å². The van der Waals surface area contributed by atoms with Gasteiger partial charge in [-0.05, 0) is 90.8 Å². The number of halogens is 1. The first-order chi connectivity index (χ1) is 16.8. The third-order valence-electron chi connectivity index (χ3n) is 5.24. The third kappa shape index (κ3) is 6.12. The Hall–Kier alpha value is -3.55. The Kier molecular flexibility index (Phi) is 7.58. The van der Waals surface area contributed by atoms with Crippen LogP contribution in [0.1, 0.15) is 27.0 Å². The van der Waals surface area contributed by atoms with E-state index in [1.165, 1.54) is 4.90 Å². The molecule has 0 bridgehead atoms. The number of esters is 1. The van der Waals surface area contributed by atoms with Crippen LogP contribution in [0.5, 0.6) is 11.5 Å². The van der Waals surface area contributed by atoms with Gasteiger partial charge in [-0.15, -0.1) is 0 Å². The minimum absolute atomic E-state index is 0.147. The Labute approximate surface area is 212 Å². The number of hydrogen-bond donors (Lipinski definition) is 0. The van der Waals surface area contributed by atoms with E-state index in [9.17, 15) is 14.4 Å². The number of carbonyl (C=O) groups is 3. The van der Waals surface area contributed by atoms with Crippen molar-refractivity contribution in [2.45, 2.75) is 13.8 Å². The van der Waals surface area contributed by atoms with Gasteiger partial charge in [0, 0.05) is 5.02 Å². The first-order valence-corrected chi connectivity index (χ1v) is 12.0. The van der Waals surface area contributed by atoms with E-state index in [-0.39, 0.29) is 24.3 Å². The molecule has 2 amide bonds. The predicted octanol–water partition coefficient (Wildman–Crippen LogP) is 6.29. The van der Waals surface area contributed by atoms with Gasteiger partial charge in [0.2, 0.25) is 0 Å². The minimum atomic E-state index is -0.525. The summed E-state index contributed by atoms with van der Waals surface area (Å²) in [6.45, 7) is 4.26. The van der Waals surface area contributed by atoms with Crippen molar-refractivity contribution in [1.29, 1.82) is 0 Å². The molecule has 1 aliphatic rings. The zero-order chi connectivity index (χ0) is 24.9. The molecule has 0 N–H and O–H groups in total. The van der Waals surface area contributed by atoms with Crippen molar-refractivity contribution in [3.05, 3.63) is 98.9 Å². The Morgan fingerprint density at radius 2 is 1.80 bits per heavy atom. The zero-order valence-electron chi connectivity index (χ0n) is 19.1. The van der Waals surface area contributed by atoms with Gasteiger partial charge in [-0.3, -0.25) is 14.5 Å². The summed E-state index contributed by atoms with van der Waals surface area (Å²) in [5, 5.41) is 0.172. The van der Waals surface area contributed by atoms with E-state index < -0.39 is 5.97 Å². The van der Waals surface area contributed by atoms with Crippen LogP contribution in [-0.4, -0.2) is 35.2 Å². The number of hydrogen-bond acceptors (Lipinski definition) is 6. The topological polar surface area (TPSA) is 72.9 Å². The summed E-state index contributed by atoms with van der Waals surface area (Å²) in [5.74, 6) is 0.147. The Balaban J connectivity index is 1.40. The fourth-order valence-corrected chi connectivity index (χ4v) is 4.36. The molecule has 1 saturated heterocycles. The van der Waals surface area contributed by atoms with Crippen molar-refractivity contribution in [3.8, 4) is 11.5 Å². The smallest absolute Gasteiger partial charge is 0.343 e. The third-order valence-corrected chi connectivity index (χ3v) is 6.40. The van der Waals surface area contributed by atoms with Crippen molar-refractivity contribution >= 4 is 46.6 Å². The van der Waals surface area contributed by atoms with Crippen molar-refractivity contribution in [1.82, 2.24) is 4.90 Å². The summed E-state index contributed by atoms with van der Waals surface area (Å²) in [5.41, 5.74) is 3.05.